The van der Waals surface area contributed by atoms with E-state index in [4.69, 9.17) is 4.42 Å². The molecule has 0 bridgehead atoms. The zero-order valence-corrected chi connectivity index (χ0v) is 10.9. The third-order valence-corrected chi connectivity index (χ3v) is 3.02. The molecule has 2 aromatic rings. The topological polar surface area (TPSA) is 42.2 Å². The number of amides is 1. The van der Waals surface area contributed by atoms with Gasteiger partial charge in [0.05, 0.1) is 23.1 Å². The van der Waals surface area contributed by atoms with Gasteiger partial charge in [-0.05, 0) is 40.2 Å². The first-order valence-corrected chi connectivity index (χ1v) is 5.87. The van der Waals surface area contributed by atoms with Crippen molar-refractivity contribution in [3.63, 3.8) is 0 Å². The van der Waals surface area contributed by atoms with Crippen LogP contribution >= 0.6 is 15.9 Å². The van der Waals surface area contributed by atoms with Crippen molar-refractivity contribution < 1.29 is 22.4 Å². The van der Waals surface area contributed by atoms with Crippen molar-refractivity contribution in [3.05, 3.63) is 52.4 Å². The van der Waals surface area contributed by atoms with Crippen LogP contribution in [0.25, 0.3) is 0 Å². The van der Waals surface area contributed by atoms with Gasteiger partial charge in [-0.2, -0.15) is 13.2 Å². The SMILES string of the molecule is O=C(Nc1cc(C(F)(F)F)ccc1Br)c1ccoc1. The lowest BCUT2D eigenvalue weighted by atomic mass is 10.2. The molecule has 1 amide bonds. The van der Waals surface area contributed by atoms with Crippen LogP contribution in [0.1, 0.15) is 15.9 Å². The van der Waals surface area contributed by atoms with Crippen molar-refractivity contribution in [2.75, 3.05) is 5.32 Å². The smallest absolute Gasteiger partial charge is 0.416 e. The number of benzene rings is 1. The van der Waals surface area contributed by atoms with Crippen molar-refractivity contribution >= 4 is 27.5 Å². The van der Waals surface area contributed by atoms with Gasteiger partial charge in [0.15, 0.2) is 0 Å². The molecule has 0 fully saturated rings. The Morgan fingerprint density at radius 3 is 2.58 bits per heavy atom. The van der Waals surface area contributed by atoms with Gasteiger partial charge in [0.25, 0.3) is 5.91 Å². The van der Waals surface area contributed by atoms with E-state index < -0.39 is 17.6 Å². The lowest BCUT2D eigenvalue weighted by molar-refractivity contribution is -0.137. The molecule has 1 aromatic heterocycles. The molecule has 1 N–H and O–H groups in total. The summed E-state index contributed by atoms with van der Waals surface area (Å²) in [6.07, 6.45) is -1.96. The van der Waals surface area contributed by atoms with Crippen LogP contribution in [0.15, 0.2) is 45.7 Å². The number of furan rings is 1. The number of carbonyl (C=O) groups is 1. The first-order valence-electron chi connectivity index (χ1n) is 5.08. The second-order valence-corrected chi connectivity index (χ2v) is 4.51. The van der Waals surface area contributed by atoms with Crippen LogP contribution in [0, 0.1) is 0 Å². The quantitative estimate of drug-likeness (QED) is 0.889. The van der Waals surface area contributed by atoms with E-state index in [0.29, 0.717) is 4.47 Å². The predicted molar refractivity (Wildman–Crippen MR) is 65.8 cm³/mol. The fourth-order valence-corrected chi connectivity index (χ4v) is 1.73. The van der Waals surface area contributed by atoms with Crippen molar-refractivity contribution in [2.45, 2.75) is 6.18 Å². The maximum absolute atomic E-state index is 12.6. The highest BCUT2D eigenvalue weighted by atomic mass is 79.9. The lowest BCUT2D eigenvalue weighted by Gasteiger charge is -2.11. The zero-order valence-electron chi connectivity index (χ0n) is 9.29. The Hall–Kier alpha value is -1.76. The molecule has 3 nitrogen and oxygen atoms in total. The molecular formula is C12H7BrF3NO2. The highest BCUT2D eigenvalue weighted by Crippen LogP contribution is 2.34. The van der Waals surface area contributed by atoms with Crippen molar-refractivity contribution in [1.29, 1.82) is 0 Å². The molecule has 7 heteroatoms. The number of rotatable bonds is 2. The molecule has 0 unspecified atom stereocenters. The molecule has 1 heterocycles. The van der Waals surface area contributed by atoms with E-state index in [1.807, 2.05) is 0 Å². The number of hydrogen-bond acceptors (Lipinski definition) is 2. The van der Waals surface area contributed by atoms with Gasteiger partial charge in [-0.25, -0.2) is 0 Å². The maximum atomic E-state index is 12.6. The third-order valence-electron chi connectivity index (χ3n) is 2.33. The van der Waals surface area contributed by atoms with E-state index >= 15 is 0 Å². The van der Waals surface area contributed by atoms with E-state index in [1.54, 1.807) is 0 Å². The summed E-state index contributed by atoms with van der Waals surface area (Å²) in [4.78, 5) is 11.7. The van der Waals surface area contributed by atoms with Gasteiger partial charge >= 0.3 is 6.18 Å². The molecule has 0 aliphatic heterocycles. The molecular weight excluding hydrogens is 327 g/mol. The second-order valence-electron chi connectivity index (χ2n) is 3.66. The molecule has 0 aliphatic carbocycles. The monoisotopic (exact) mass is 333 g/mol. The Kier molecular flexibility index (Phi) is 3.66. The first kappa shape index (κ1) is 13.7. The highest BCUT2D eigenvalue weighted by molar-refractivity contribution is 9.10. The van der Waals surface area contributed by atoms with E-state index in [9.17, 15) is 18.0 Å². The summed E-state index contributed by atoms with van der Waals surface area (Å²) < 4.78 is 42.8. The number of carbonyl (C=O) groups excluding carboxylic acids is 1. The molecule has 100 valence electrons. The Bertz CT molecular complexity index is 594. The maximum Gasteiger partial charge on any atom is 0.416 e. The summed E-state index contributed by atoms with van der Waals surface area (Å²) in [5, 5.41) is 2.38. The van der Waals surface area contributed by atoms with Crippen LogP contribution in [-0.2, 0) is 6.18 Å². The molecule has 0 aliphatic rings. The first-order chi connectivity index (χ1) is 8.88. The fraction of sp³-hybridized carbons (Fsp3) is 0.0833. The summed E-state index contributed by atoms with van der Waals surface area (Å²) in [6.45, 7) is 0. The van der Waals surface area contributed by atoms with Gasteiger partial charge in [-0.3, -0.25) is 4.79 Å². The van der Waals surface area contributed by atoms with Gasteiger partial charge in [0, 0.05) is 4.47 Å². The van der Waals surface area contributed by atoms with Gasteiger partial charge in [0.1, 0.15) is 6.26 Å². The Balaban J connectivity index is 2.27. The minimum absolute atomic E-state index is 0.0426. The number of halogens is 4. The van der Waals surface area contributed by atoms with Gasteiger partial charge in [-0.15, -0.1) is 0 Å². The average molecular weight is 334 g/mol. The Morgan fingerprint density at radius 2 is 2.00 bits per heavy atom. The standard InChI is InChI=1S/C12H7BrF3NO2/c13-9-2-1-8(12(14,15)16)5-10(9)17-11(18)7-3-4-19-6-7/h1-6H,(H,17,18). The van der Waals surface area contributed by atoms with Gasteiger partial charge in [-0.1, -0.05) is 0 Å². The van der Waals surface area contributed by atoms with E-state index in [-0.39, 0.29) is 11.3 Å². The minimum Gasteiger partial charge on any atom is -0.472 e. The summed E-state index contributed by atoms with van der Waals surface area (Å²) >= 11 is 3.08. The normalized spacial score (nSPS) is 11.4. The Labute approximate surface area is 114 Å². The number of nitrogens with one attached hydrogen (secondary N) is 1. The van der Waals surface area contributed by atoms with Crippen LogP contribution in [0.4, 0.5) is 18.9 Å². The van der Waals surface area contributed by atoms with E-state index in [2.05, 4.69) is 21.2 Å². The largest absolute Gasteiger partial charge is 0.472 e. The molecule has 2 rings (SSSR count). The molecule has 1 aromatic carbocycles. The van der Waals surface area contributed by atoms with Crippen molar-refractivity contribution in [1.82, 2.24) is 0 Å². The van der Waals surface area contributed by atoms with Crippen molar-refractivity contribution in [3.8, 4) is 0 Å². The molecule has 0 saturated carbocycles. The Morgan fingerprint density at radius 1 is 1.26 bits per heavy atom. The summed E-state index contributed by atoms with van der Waals surface area (Å²) in [7, 11) is 0. The summed E-state index contributed by atoms with van der Waals surface area (Å²) in [6, 6.07) is 4.43. The van der Waals surface area contributed by atoms with Crippen LogP contribution < -0.4 is 5.32 Å². The van der Waals surface area contributed by atoms with Crippen LogP contribution in [0.3, 0.4) is 0 Å². The minimum atomic E-state index is -4.46. The van der Waals surface area contributed by atoms with E-state index in [0.717, 1.165) is 12.1 Å². The molecule has 19 heavy (non-hydrogen) atoms. The number of alkyl halides is 3. The lowest BCUT2D eigenvalue weighted by Crippen LogP contribution is -2.13. The highest BCUT2D eigenvalue weighted by Gasteiger charge is 2.31. The number of anilines is 1. The molecule has 0 atom stereocenters. The third kappa shape index (κ3) is 3.17. The zero-order chi connectivity index (χ0) is 14.0. The number of hydrogen-bond donors (Lipinski definition) is 1. The molecule has 0 saturated heterocycles. The van der Waals surface area contributed by atoms with Crippen LogP contribution in [0.5, 0.6) is 0 Å². The predicted octanol–water partition coefficient (Wildman–Crippen LogP) is 4.31. The summed E-state index contributed by atoms with van der Waals surface area (Å²) in [5.74, 6) is -0.547. The molecule has 0 spiro atoms. The van der Waals surface area contributed by atoms with E-state index in [1.165, 1.54) is 24.7 Å². The van der Waals surface area contributed by atoms with Gasteiger partial charge in [0.2, 0.25) is 0 Å². The molecule has 0 radical (unpaired) electrons. The fourth-order valence-electron chi connectivity index (χ4n) is 1.39. The van der Waals surface area contributed by atoms with Crippen molar-refractivity contribution in [2.24, 2.45) is 0 Å². The second kappa shape index (κ2) is 5.08. The van der Waals surface area contributed by atoms with Gasteiger partial charge < -0.3 is 9.73 Å². The average Bonchev–Trinajstić information content (AvgIpc) is 2.84. The van der Waals surface area contributed by atoms with Crippen LogP contribution in [-0.4, -0.2) is 5.91 Å². The van der Waals surface area contributed by atoms with Crippen LogP contribution in [0.2, 0.25) is 0 Å². The summed E-state index contributed by atoms with van der Waals surface area (Å²) in [5.41, 5.74) is -0.566.